The molecule has 0 aromatic rings. The Kier molecular flexibility index (Phi) is 9.00. The highest BCUT2D eigenvalue weighted by molar-refractivity contribution is 4.65. The molecule has 0 saturated heterocycles. The van der Waals surface area contributed by atoms with Crippen LogP contribution in [0.15, 0.2) is 0 Å². The van der Waals surface area contributed by atoms with E-state index >= 15 is 0 Å². The van der Waals surface area contributed by atoms with E-state index in [1.165, 1.54) is 25.7 Å². The van der Waals surface area contributed by atoms with Gasteiger partial charge < -0.3 is 20.5 Å². The number of nitrogens with zero attached hydrogens (tertiary/aromatic N) is 1. The minimum Gasteiger partial charge on any atom is -0.781 e. The first-order valence-corrected chi connectivity index (χ1v) is 5.91. The first kappa shape index (κ1) is 14.8. The third-order valence-corrected chi connectivity index (χ3v) is 2.64. The second-order valence-electron chi connectivity index (χ2n) is 4.11. The highest BCUT2D eigenvalue weighted by Gasteiger charge is 2.08. The van der Waals surface area contributed by atoms with Gasteiger partial charge in [-0.3, -0.25) is 0 Å². The summed E-state index contributed by atoms with van der Waals surface area (Å²) in [6.07, 6.45) is 5.94. The van der Waals surface area contributed by atoms with Gasteiger partial charge in [-0.1, -0.05) is 52.4 Å². The van der Waals surface area contributed by atoms with Crippen molar-refractivity contribution in [1.82, 2.24) is 5.06 Å². The maximum absolute atomic E-state index is 11.0. The molecule has 1 unspecified atom stereocenters. The summed E-state index contributed by atoms with van der Waals surface area (Å²) in [6, 6.07) is -0.309. The van der Waals surface area contributed by atoms with Gasteiger partial charge in [-0.15, -0.1) is 0 Å². The van der Waals surface area contributed by atoms with Crippen molar-refractivity contribution in [1.29, 1.82) is 0 Å². The predicted octanol–water partition coefficient (Wildman–Crippen LogP) is 2.19. The third kappa shape index (κ3) is 7.73. The van der Waals surface area contributed by atoms with E-state index in [0.717, 1.165) is 19.3 Å². The van der Waals surface area contributed by atoms with Gasteiger partial charge in [-0.25, -0.2) is 0 Å². The van der Waals surface area contributed by atoms with Gasteiger partial charge in [0, 0.05) is 0 Å². The van der Waals surface area contributed by atoms with Crippen molar-refractivity contribution in [2.24, 2.45) is 0 Å². The smallest absolute Gasteiger partial charge is 0.202 e. The number of hydrogen-bond acceptors (Lipinski definition) is 4. The molecule has 1 atom stereocenters. The van der Waals surface area contributed by atoms with Gasteiger partial charge in [-0.2, -0.15) is 0 Å². The molecule has 0 radical (unpaired) electrons. The first-order chi connectivity index (χ1) is 7.09. The fourth-order valence-electron chi connectivity index (χ4n) is 1.57. The second kappa shape index (κ2) is 9.09. The van der Waals surface area contributed by atoms with Crippen LogP contribution in [0, 0.1) is 5.21 Å². The highest BCUT2D eigenvalue weighted by atomic mass is 16.6. The van der Waals surface area contributed by atoms with Crippen molar-refractivity contribution in [3.63, 3.8) is 0 Å². The quantitative estimate of drug-likeness (QED) is 0.354. The van der Waals surface area contributed by atoms with Crippen LogP contribution in [-0.4, -0.2) is 27.7 Å². The summed E-state index contributed by atoms with van der Waals surface area (Å²) in [7, 11) is 0. The van der Waals surface area contributed by atoms with Crippen molar-refractivity contribution < 1.29 is 10.2 Å². The maximum Gasteiger partial charge on any atom is 0.202 e. The number of aliphatic hydroxyl groups is 2. The number of hydroxylamine groups is 2. The van der Waals surface area contributed by atoms with Crippen LogP contribution >= 0.6 is 0 Å². The van der Waals surface area contributed by atoms with Crippen molar-refractivity contribution in [3.8, 4) is 0 Å². The summed E-state index contributed by atoms with van der Waals surface area (Å²) in [5.74, 6) is 0. The fourth-order valence-corrected chi connectivity index (χ4v) is 1.57. The Bertz CT molecular complexity index is 142. The topological polar surface area (TPSA) is 66.8 Å². The SMILES string of the molecule is CCCCCCCCC(C)N([O-])C(O)O. The molecule has 15 heavy (non-hydrogen) atoms. The molecule has 0 aromatic carbocycles. The Morgan fingerprint density at radius 3 is 2.13 bits per heavy atom. The lowest BCUT2D eigenvalue weighted by Crippen LogP contribution is -2.36. The molecule has 0 spiro atoms. The summed E-state index contributed by atoms with van der Waals surface area (Å²) in [6.45, 7) is 3.90. The van der Waals surface area contributed by atoms with E-state index in [4.69, 9.17) is 10.2 Å². The molecule has 0 saturated carbocycles. The van der Waals surface area contributed by atoms with Crippen LogP contribution < -0.4 is 0 Å². The molecular formula is C11H24NO3-. The largest absolute Gasteiger partial charge is 0.781 e. The van der Waals surface area contributed by atoms with E-state index in [1.807, 2.05) is 0 Å². The van der Waals surface area contributed by atoms with E-state index in [2.05, 4.69) is 6.92 Å². The Morgan fingerprint density at radius 1 is 1.07 bits per heavy atom. The van der Waals surface area contributed by atoms with Gasteiger partial charge in [0.2, 0.25) is 6.41 Å². The van der Waals surface area contributed by atoms with Gasteiger partial charge >= 0.3 is 0 Å². The molecule has 0 aliphatic rings. The molecule has 4 nitrogen and oxygen atoms in total. The average Bonchev–Trinajstić information content (AvgIpc) is 2.21. The average molecular weight is 218 g/mol. The van der Waals surface area contributed by atoms with E-state index < -0.39 is 6.41 Å². The molecule has 0 fully saturated rings. The van der Waals surface area contributed by atoms with Gasteiger partial charge in [0.25, 0.3) is 0 Å². The van der Waals surface area contributed by atoms with Crippen molar-refractivity contribution in [2.75, 3.05) is 0 Å². The zero-order valence-electron chi connectivity index (χ0n) is 9.85. The monoisotopic (exact) mass is 218 g/mol. The normalized spacial score (nSPS) is 13.8. The van der Waals surface area contributed by atoms with Gasteiger partial charge in [-0.05, 0) is 12.5 Å². The number of unbranched alkanes of at least 4 members (excludes halogenated alkanes) is 5. The lowest BCUT2D eigenvalue weighted by atomic mass is 10.1. The standard InChI is InChI=1S/C11H24NO3/c1-3-4-5-6-7-8-9-10(2)12(15)11(13)14/h10-11,13-14H,3-9H2,1-2H3/q-1. The molecule has 0 heterocycles. The van der Waals surface area contributed by atoms with Crippen LogP contribution in [0.1, 0.15) is 58.8 Å². The Hall–Kier alpha value is -0.160. The lowest BCUT2D eigenvalue weighted by Gasteiger charge is -2.35. The van der Waals surface area contributed by atoms with E-state index in [0.29, 0.717) is 5.06 Å². The third-order valence-electron chi connectivity index (χ3n) is 2.64. The summed E-state index contributed by atoms with van der Waals surface area (Å²) in [4.78, 5) is 0. The van der Waals surface area contributed by atoms with Gasteiger partial charge in [0.15, 0.2) is 0 Å². The highest BCUT2D eigenvalue weighted by Crippen LogP contribution is 2.12. The molecule has 0 rings (SSSR count). The van der Waals surface area contributed by atoms with E-state index in [-0.39, 0.29) is 6.04 Å². The molecular weight excluding hydrogens is 194 g/mol. The second-order valence-corrected chi connectivity index (χ2v) is 4.11. The zero-order chi connectivity index (χ0) is 11.7. The lowest BCUT2D eigenvalue weighted by molar-refractivity contribution is -0.147. The first-order valence-electron chi connectivity index (χ1n) is 5.91. The Morgan fingerprint density at radius 2 is 1.60 bits per heavy atom. The predicted molar refractivity (Wildman–Crippen MR) is 60.9 cm³/mol. The van der Waals surface area contributed by atoms with Crippen molar-refractivity contribution in [2.45, 2.75) is 71.2 Å². The molecule has 92 valence electrons. The van der Waals surface area contributed by atoms with Crippen molar-refractivity contribution >= 4 is 0 Å². The summed E-state index contributed by atoms with van der Waals surface area (Å²) in [5, 5.41) is 28.6. The van der Waals surface area contributed by atoms with Crippen LogP contribution in [0.25, 0.3) is 0 Å². The molecule has 0 bridgehead atoms. The Balaban J connectivity index is 3.34. The minimum absolute atomic E-state index is 0.309. The van der Waals surface area contributed by atoms with Crippen LogP contribution in [0.5, 0.6) is 0 Å². The van der Waals surface area contributed by atoms with Crippen LogP contribution in [0.4, 0.5) is 0 Å². The molecule has 2 N–H and O–H groups in total. The molecule has 0 aliphatic carbocycles. The zero-order valence-corrected chi connectivity index (χ0v) is 9.85. The summed E-state index contributed by atoms with van der Waals surface area (Å²) >= 11 is 0. The number of hydrogen-bond donors (Lipinski definition) is 2. The number of aliphatic hydroxyl groups excluding tert-OH is 1. The molecule has 4 heteroatoms. The van der Waals surface area contributed by atoms with E-state index in [1.54, 1.807) is 6.92 Å². The van der Waals surface area contributed by atoms with Gasteiger partial charge in [0.1, 0.15) is 0 Å². The number of rotatable bonds is 9. The van der Waals surface area contributed by atoms with E-state index in [9.17, 15) is 5.21 Å². The molecule has 0 aromatic heterocycles. The van der Waals surface area contributed by atoms with Crippen LogP contribution in [0.3, 0.4) is 0 Å². The van der Waals surface area contributed by atoms with Crippen molar-refractivity contribution in [3.05, 3.63) is 5.21 Å². The van der Waals surface area contributed by atoms with Crippen LogP contribution in [0.2, 0.25) is 0 Å². The molecule has 0 amide bonds. The van der Waals surface area contributed by atoms with Gasteiger partial charge in [0.05, 0.1) is 0 Å². The fraction of sp³-hybridized carbons (Fsp3) is 1.00. The van der Waals surface area contributed by atoms with Crippen LogP contribution in [-0.2, 0) is 0 Å². The summed E-state index contributed by atoms with van der Waals surface area (Å²) in [5.41, 5.74) is 0. The summed E-state index contributed by atoms with van der Waals surface area (Å²) < 4.78 is 0. The Labute approximate surface area is 92.5 Å². The molecule has 0 aliphatic heterocycles. The minimum atomic E-state index is -1.87. The maximum atomic E-state index is 11.0.